The molecule has 5 nitrogen and oxygen atoms in total. The molecule has 1 aromatic carbocycles. The first-order valence-electron chi connectivity index (χ1n) is 4.74. The maximum Gasteiger partial charge on any atom is 0.337 e. The summed E-state index contributed by atoms with van der Waals surface area (Å²) < 4.78 is 4.44. The van der Waals surface area contributed by atoms with E-state index in [1.807, 2.05) is 0 Å². The number of hydrogen-bond donors (Lipinski definition) is 2. The van der Waals surface area contributed by atoms with Gasteiger partial charge in [0.2, 0.25) is 0 Å². The van der Waals surface area contributed by atoms with Crippen LogP contribution in [0.25, 0.3) is 0 Å². The van der Waals surface area contributed by atoms with Crippen LogP contribution in [0.2, 0.25) is 0 Å². The van der Waals surface area contributed by atoms with E-state index in [2.05, 4.69) is 4.74 Å². The van der Waals surface area contributed by atoms with Gasteiger partial charge in [0.15, 0.2) is 0 Å². The lowest BCUT2D eigenvalue weighted by Gasteiger charge is -1.99. The molecule has 0 saturated heterocycles. The first-order chi connectivity index (χ1) is 8.06. The van der Waals surface area contributed by atoms with Crippen LogP contribution >= 0.6 is 11.6 Å². The van der Waals surface area contributed by atoms with Crippen LogP contribution in [0.5, 0.6) is 0 Å². The number of esters is 1. The molecule has 0 unspecified atom stereocenters. The molecular weight excluding hydrogens is 246 g/mol. The van der Waals surface area contributed by atoms with Gasteiger partial charge in [0.25, 0.3) is 0 Å². The van der Waals surface area contributed by atoms with E-state index in [1.165, 1.54) is 31.4 Å². The minimum absolute atomic E-state index is 0.0721. The van der Waals surface area contributed by atoms with Gasteiger partial charge < -0.3 is 15.6 Å². The van der Waals surface area contributed by atoms with Crippen molar-refractivity contribution in [3.8, 4) is 0 Å². The average Bonchev–Trinajstić information content (AvgIpc) is 2.38. The molecule has 0 spiro atoms. The average molecular weight is 260 g/mol. The summed E-state index contributed by atoms with van der Waals surface area (Å²) >= 11 is 5.06. The van der Waals surface area contributed by atoms with Crippen molar-refractivity contribution in [2.24, 2.45) is 5.73 Å². The Morgan fingerprint density at radius 2 is 1.94 bits per heavy atom. The molecule has 0 atom stereocenters. The summed E-state index contributed by atoms with van der Waals surface area (Å²) in [6.45, 7) is 0.585. The van der Waals surface area contributed by atoms with Crippen molar-refractivity contribution in [2.75, 3.05) is 19.5 Å². The predicted molar refractivity (Wildman–Crippen MR) is 64.5 cm³/mol. The van der Waals surface area contributed by atoms with Crippen LogP contribution in [0.15, 0.2) is 24.3 Å². The van der Waals surface area contributed by atoms with Gasteiger partial charge in [-0.2, -0.15) is 0 Å². The maximum atomic E-state index is 11.0. The smallest absolute Gasteiger partial charge is 0.337 e. The second-order valence-electron chi connectivity index (χ2n) is 2.86. The van der Waals surface area contributed by atoms with Crippen LogP contribution in [-0.2, 0) is 4.74 Å². The SMILES string of the molecule is COC(=O)c1cccc(C(=O)O)c1.NCCCl. The number of hydrogen-bond acceptors (Lipinski definition) is 4. The van der Waals surface area contributed by atoms with Gasteiger partial charge in [0.05, 0.1) is 18.2 Å². The third kappa shape index (κ3) is 5.89. The Balaban J connectivity index is 0.000000557. The Morgan fingerprint density at radius 1 is 1.41 bits per heavy atom. The fraction of sp³-hybridized carbons (Fsp3) is 0.273. The summed E-state index contributed by atoms with van der Waals surface area (Å²) in [7, 11) is 1.25. The molecule has 94 valence electrons. The normalized spacial score (nSPS) is 8.88. The number of alkyl halides is 1. The van der Waals surface area contributed by atoms with Gasteiger partial charge in [-0.25, -0.2) is 9.59 Å². The predicted octanol–water partition coefficient (Wildman–Crippen LogP) is 1.36. The highest BCUT2D eigenvalue weighted by Gasteiger charge is 2.08. The number of ether oxygens (including phenoxy) is 1. The Bertz CT molecular complexity index is 379. The molecule has 0 aromatic heterocycles. The largest absolute Gasteiger partial charge is 0.478 e. The molecule has 0 fully saturated rings. The van der Waals surface area contributed by atoms with E-state index in [9.17, 15) is 9.59 Å². The molecule has 1 aromatic rings. The Labute approximate surface area is 104 Å². The standard InChI is InChI=1S/C9H8O4.C2H6ClN/c1-13-9(12)7-4-2-3-6(5-7)8(10)11;3-1-2-4/h2-5H,1H3,(H,10,11);1-2,4H2. The number of carbonyl (C=O) groups is 2. The molecule has 0 aliphatic heterocycles. The Morgan fingerprint density at radius 3 is 2.35 bits per heavy atom. The van der Waals surface area contributed by atoms with Crippen molar-refractivity contribution in [3.63, 3.8) is 0 Å². The zero-order chi connectivity index (χ0) is 13.3. The molecule has 1 rings (SSSR count). The van der Waals surface area contributed by atoms with E-state index in [4.69, 9.17) is 22.4 Å². The van der Waals surface area contributed by atoms with Crippen LogP contribution in [0.4, 0.5) is 0 Å². The molecule has 3 N–H and O–H groups in total. The maximum absolute atomic E-state index is 11.0. The van der Waals surface area contributed by atoms with E-state index < -0.39 is 11.9 Å². The number of aromatic carboxylic acids is 1. The van der Waals surface area contributed by atoms with Crippen molar-refractivity contribution in [1.82, 2.24) is 0 Å². The lowest BCUT2D eigenvalue weighted by molar-refractivity contribution is 0.0600. The number of methoxy groups -OCH3 is 1. The number of nitrogens with two attached hydrogens (primary N) is 1. The highest BCUT2D eigenvalue weighted by molar-refractivity contribution is 6.18. The van der Waals surface area contributed by atoms with Crippen molar-refractivity contribution in [2.45, 2.75) is 0 Å². The van der Waals surface area contributed by atoms with Crippen molar-refractivity contribution < 1.29 is 19.4 Å². The number of carboxylic acids is 1. The molecule has 17 heavy (non-hydrogen) atoms. The van der Waals surface area contributed by atoms with Gasteiger partial charge >= 0.3 is 11.9 Å². The minimum Gasteiger partial charge on any atom is -0.478 e. The highest BCUT2D eigenvalue weighted by atomic mass is 35.5. The minimum atomic E-state index is -1.06. The summed E-state index contributed by atoms with van der Waals surface area (Å²) in [6.07, 6.45) is 0. The number of rotatable bonds is 3. The summed E-state index contributed by atoms with van der Waals surface area (Å²) in [4.78, 5) is 21.5. The zero-order valence-electron chi connectivity index (χ0n) is 9.35. The molecule has 0 aliphatic rings. The monoisotopic (exact) mass is 259 g/mol. The number of halogens is 1. The Kier molecular flexibility index (Phi) is 7.75. The van der Waals surface area contributed by atoms with Gasteiger partial charge in [-0.1, -0.05) is 6.07 Å². The molecule has 0 amide bonds. The molecule has 0 saturated carbocycles. The fourth-order valence-corrected chi connectivity index (χ4v) is 0.897. The molecule has 0 bridgehead atoms. The zero-order valence-corrected chi connectivity index (χ0v) is 10.1. The van der Waals surface area contributed by atoms with Gasteiger partial charge in [0, 0.05) is 12.4 Å². The van der Waals surface area contributed by atoms with E-state index in [1.54, 1.807) is 0 Å². The topological polar surface area (TPSA) is 89.6 Å². The lowest BCUT2D eigenvalue weighted by Crippen LogP contribution is -2.03. The van der Waals surface area contributed by atoms with Gasteiger partial charge in [-0.3, -0.25) is 0 Å². The molecule has 0 radical (unpaired) electrons. The highest BCUT2D eigenvalue weighted by Crippen LogP contribution is 2.06. The molecule has 0 aliphatic carbocycles. The van der Waals surface area contributed by atoms with E-state index in [-0.39, 0.29) is 11.1 Å². The number of carbonyl (C=O) groups excluding carboxylic acids is 1. The van der Waals surface area contributed by atoms with E-state index in [0.717, 1.165) is 0 Å². The van der Waals surface area contributed by atoms with Gasteiger partial charge in [-0.15, -0.1) is 11.6 Å². The van der Waals surface area contributed by atoms with Crippen molar-refractivity contribution in [1.29, 1.82) is 0 Å². The second kappa shape index (κ2) is 8.55. The fourth-order valence-electron chi connectivity index (χ4n) is 0.897. The quantitative estimate of drug-likeness (QED) is 0.632. The third-order valence-corrected chi connectivity index (χ3v) is 1.86. The van der Waals surface area contributed by atoms with Gasteiger partial charge in [-0.05, 0) is 18.2 Å². The van der Waals surface area contributed by atoms with E-state index >= 15 is 0 Å². The van der Waals surface area contributed by atoms with Crippen LogP contribution < -0.4 is 5.73 Å². The summed E-state index contributed by atoms with van der Waals surface area (Å²) in [5, 5.41) is 8.61. The van der Waals surface area contributed by atoms with Crippen molar-refractivity contribution in [3.05, 3.63) is 35.4 Å². The first kappa shape index (κ1) is 15.4. The van der Waals surface area contributed by atoms with Crippen LogP contribution in [0.3, 0.4) is 0 Å². The molecular formula is C11H14ClNO4. The second-order valence-corrected chi connectivity index (χ2v) is 3.23. The number of benzene rings is 1. The summed E-state index contributed by atoms with van der Waals surface area (Å²) in [5.41, 5.74) is 5.21. The van der Waals surface area contributed by atoms with Crippen LogP contribution in [0, 0.1) is 0 Å². The molecule has 6 heteroatoms. The van der Waals surface area contributed by atoms with Gasteiger partial charge in [0.1, 0.15) is 0 Å². The number of carboxylic acid groups (broad SMARTS) is 1. The molecule has 0 heterocycles. The lowest BCUT2D eigenvalue weighted by atomic mass is 10.1. The Hall–Kier alpha value is -1.59. The summed E-state index contributed by atoms with van der Waals surface area (Å²) in [5.74, 6) is -1.03. The summed E-state index contributed by atoms with van der Waals surface area (Å²) in [6, 6.07) is 5.68. The van der Waals surface area contributed by atoms with E-state index in [0.29, 0.717) is 12.4 Å². The third-order valence-electron chi connectivity index (χ3n) is 1.64. The first-order valence-corrected chi connectivity index (χ1v) is 5.28. The van der Waals surface area contributed by atoms with Crippen LogP contribution in [-0.4, -0.2) is 36.6 Å². The van der Waals surface area contributed by atoms with Crippen LogP contribution in [0.1, 0.15) is 20.7 Å². The van der Waals surface area contributed by atoms with Crippen molar-refractivity contribution >= 4 is 23.5 Å².